The Kier molecular flexibility index (Phi) is 6.22. The molecule has 0 unspecified atom stereocenters. The molecule has 19 heavy (non-hydrogen) atoms. The second-order valence-corrected chi connectivity index (χ2v) is 7.03. The Hall–Kier alpha value is -0.660. The zero-order valence-corrected chi connectivity index (χ0v) is 12.2. The summed E-state index contributed by atoms with van der Waals surface area (Å²) in [6.07, 6.45) is 5.05. The molecule has 0 aromatic carbocycles. The molecule has 1 aliphatic rings. The molecule has 0 aromatic rings. The van der Waals surface area contributed by atoms with E-state index in [4.69, 9.17) is 0 Å². The molecular formula is C12H23NO5S. The van der Waals surface area contributed by atoms with Gasteiger partial charge in [0, 0.05) is 6.54 Å². The van der Waals surface area contributed by atoms with Crippen molar-refractivity contribution in [3.05, 3.63) is 0 Å². The molecule has 0 aromatic heterocycles. The number of rotatable bonds is 6. The third kappa shape index (κ3) is 6.35. The molecule has 0 saturated heterocycles. The molecule has 1 fully saturated rings. The minimum Gasteiger partial charge on any atom is -0.469 e. The lowest BCUT2D eigenvalue weighted by atomic mass is 9.95. The number of esters is 1. The highest BCUT2D eigenvalue weighted by atomic mass is 32.2. The molecule has 6 nitrogen and oxygen atoms in total. The molecule has 0 radical (unpaired) electrons. The van der Waals surface area contributed by atoms with Crippen molar-refractivity contribution in [2.75, 3.05) is 19.4 Å². The summed E-state index contributed by atoms with van der Waals surface area (Å²) >= 11 is 0. The van der Waals surface area contributed by atoms with Gasteiger partial charge in [0.25, 0.3) is 0 Å². The quantitative estimate of drug-likeness (QED) is 0.551. The second kappa shape index (κ2) is 7.21. The van der Waals surface area contributed by atoms with Crippen molar-refractivity contribution in [3.8, 4) is 0 Å². The number of hydrogen-bond acceptors (Lipinski definition) is 5. The van der Waals surface area contributed by atoms with E-state index in [1.165, 1.54) is 7.11 Å². The maximum Gasteiger partial charge on any atom is 0.306 e. The Balaban J connectivity index is 2.42. The van der Waals surface area contributed by atoms with Crippen LogP contribution in [-0.4, -0.2) is 44.5 Å². The maximum absolute atomic E-state index is 11.7. The van der Waals surface area contributed by atoms with Crippen molar-refractivity contribution in [1.82, 2.24) is 4.72 Å². The summed E-state index contributed by atoms with van der Waals surface area (Å²) in [6, 6.07) is 0. The van der Waals surface area contributed by atoms with Crippen molar-refractivity contribution in [3.63, 3.8) is 0 Å². The van der Waals surface area contributed by atoms with Crippen molar-refractivity contribution in [2.24, 2.45) is 0 Å². The topological polar surface area (TPSA) is 92.7 Å². The zero-order valence-electron chi connectivity index (χ0n) is 11.4. The minimum absolute atomic E-state index is 0.0243. The largest absolute Gasteiger partial charge is 0.469 e. The van der Waals surface area contributed by atoms with Crippen LogP contribution in [0.3, 0.4) is 0 Å². The monoisotopic (exact) mass is 293 g/mol. The predicted molar refractivity (Wildman–Crippen MR) is 71.1 cm³/mol. The lowest BCUT2D eigenvalue weighted by Gasteiger charge is -2.26. The van der Waals surface area contributed by atoms with Gasteiger partial charge in [-0.2, -0.15) is 0 Å². The summed E-state index contributed by atoms with van der Waals surface area (Å²) in [5.41, 5.74) is -0.950. The highest BCUT2D eigenvalue weighted by Gasteiger charge is 2.29. The molecule has 1 saturated carbocycles. The summed E-state index contributed by atoms with van der Waals surface area (Å²) in [5, 5.41) is 10.3. The fraction of sp³-hybridized carbons (Fsp3) is 0.917. The molecule has 0 aliphatic heterocycles. The van der Waals surface area contributed by atoms with Crippen molar-refractivity contribution >= 4 is 16.0 Å². The van der Waals surface area contributed by atoms with E-state index in [2.05, 4.69) is 9.46 Å². The number of sulfonamides is 1. The number of carbonyl (C=O) groups is 1. The summed E-state index contributed by atoms with van der Waals surface area (Å²) < 4.78 is 30.2. The van der Waals surface area contributed by atoms with Crippen LogP contribution < -0.4 is 4.72 Å². The lowest BCUT2D eigenvalue weighted by molar-refractivity contribution is -0.140. The lowest BCUT2D eigenvalue weighted by Crippen LogP contribution is -2.43. The third-order valence-corrected chi connectivity index (χ3v) is 4.78. The van der Waals surface area contributed by atoms with Gasteiger partial charge >= 0.3 is 5.97 Å². The van der Waals surface area contributed by atoms with Gasteiger partial charge in [0.2, 0.25) is 10.0 Å². The van der Waals surface area contributed by atoms with E-state index in [1.54, 1.807) is 0 Å². The maximum atomic E-state index is 11.7. The van der Waals surface area contributed by atoms with Crippen LogP contribution in [0.25, 0.3) is 0 Å². The average molecular weight is 293 g/mol. The van der Waals surface area contributed by atoms with Gasteiger partial charge in [-0.1, -0.05) is 25.7 Å². The van der Waals surface area contributed by atoms with Gasteiger partial charge < -0.3 is 9.84 Å². The smallest absolute Gasteiger partial charge is 0.306 e. The summed E-state index contributed by atoms with van der Waals surface area (Å²) in [7, 11) is -2.33. The number of methoxy groups -OCH3 is 1. The molecule has 2 N–H and O–H groups in total. The molecule has 0 spiro atoms. The molecule has 0 amide bonds. The van der Waals surface area contributed by atoms with Crippen LogP contribution in [0.1, 0.15) is 44.9 Å². The molecular weight excluding hydrogens is 270 g/mol. The number of ether oxygens (including phenoxy) is 1. The van der Waals surface area contributed by atoms with Gasteiger partial charge in [0.1, 0.15) is 0 Å². The molecule has 1 aliphatic carbocycles. The summed E-state index contributed by atoms with van der Waals surface area (Å²) in [6.45, 7) is 0.0243. The summed E-state index contributed by atoms with van der Waals surface area (Å²) in [4.78, 5) is 10.9. The SMILES string of the molecule is COC(=O)CCS(=O)(=O)NCC1(O)CCCCCC1. The van der Waals surface area contributed by atoms with E-state index in [1.807, 2.05) is 0 Å². The normalized spacial score (nSPS) is 19.7. The average Bonchev–Trinajstić information content (AvgIpc) is 2.59. The van der Waals surface area contributed by atoms with E-state index in [0.717, 1.165) is 25.7 Å². The first-order valence-electron chi connectivity index (χ1n) is 6.63. The number of aliphatic hydroxyl groups is 1. The molecule has 0 heterocycles. The predicted octanol–water partition coefficient (Wildman–Crippen LogP) is 0.554. The van der Waals surface area contributed by atoms with Crippen molar-refractivity contribution < 1.29 is 23.1 Å². The highest BCUT2D eigenvalue weighted by Crippen LogP contribution is 2.26. The number of nitrogens with one attached hydrogen (secondary N) is 1. The number of carbonyl (C=O) groups excluding carboxylic acids is 1. The van der Waals surface area contributed by atoms with Gasteiger partial charge in [0.15, 0.2) is 0 Å². The summed E-state index contributed by atoms with van der Waals surface area (Å²) in [5.74, 6) is -0.867. The van der Waals surface area contributed by atoms with Crippen LogP contribution >= 0.6 is 0 Å². The first-order chi connectivity index (χ1) is 8.87. The van der Waals surface area contributed by atoms with Crippen LogP contribution in [-0.2, 0) is 19.6 Å². The highest BCUT2D eigenvalue weighted by molar-refractivity contribution is 7.89. The van der Waals surface area contributed by atoms with Crippen LogP contribution in [0.2, 0.25) is 0 Å². The Labute approximate surface area is 114 Å². The van der Waals surface area contributed by atoms with Crippen LogP contribution in [0.5, 0.6) is 0 Å². The van der Waals surface area contributed by atoms with Crippen LogP contribution in [0.4, 0.5) is 0 Å². The van der Waals surface area contributed by atoms with Crippen LogP contribution in [0, 0.1) is 0 Å². The first kappa shape index (κ1) is 16.4. The van der Waals surface area contributed by atoms with E-state index >= 15 is 0 Å². The minimum atomic E-state index is -3.55. The van der Waals surface area contributed by atoms with E-state index in [9.17, 15) is 18.3 Å². The molecule has 1 rings (SSSR count). The van der Waals surface area contributed by atoms with E-state index in [-0.39, 0.29) is 18.7 Å². The van der Waals surface area contributed by atoms with Gasteiger partial charge in [-0.05, 0) is 12.8 Å². The molecule has 112 valence electrons. The van der Waals surface area contributed by atoms with E-state index < -0.39 is 21.6 Å². The van der Waals surface area contributed by atoms with Gasteiger partial charge in [0.05, 0.1) is 24.9 Å². The van der Waals surface area contributed by atoms with E-state index in [0.29, 0.717) is 12.8 Å². The second-order valence-electron chi connectivity index (χ2n) is 5.10. The van der Waals surface area contributed by atoms with Gasteiger partial charge in [-0.25, -0.2) is 13.1 Å². The molecule has 0 bridgehead atoms. The Morgan fingerprint density at radius 3 is 2.37 bits per heavy atom. The fourth-order valence-electron chi connectivity index (χ4n) is 2.20. The van der Waals surface area contributed by atoms with Crippen molar-refractivity contribution in [2.45, 2.75) is 50.5 Å². The first-order valence-corrected chi connectivity index (χ1v) is 8.29. The molecule has 0 atom stereocenters. The van der Waals surface area contributed by atoms with Gasteiger partial charge in [-0.15, -0.1) is 0 Å². The molecule has 7 heteroatoms. The standard InChI is InChI=1S/C12H23NO5S/c1-18-11(14)6-9-19(16,17)13-10-12(15)7-4-2-3-5-8-12/h13,15H,2-10H2,1H3. The van der Waals surface area contributed by atoms with Crippen LogP contribution in [0.15, 0.2) is 0 Å². The Morgan fingerprint density at radius 1 is 1.26 bits per heavy atom. The zero-order chi connectivity index (χ0) is 14.4. The Bertz CT molecular complexity index is 385. The van der Waals surface area contributed by atoms with Crippen molar-refractivity contribution in [1.29, 1.82) is 0 Å². The Morgan fingerprint density at radius 2 is 1.84 bits per heavy atom. The fourth-order valence-corrected chi connectivity index (χ4v) is 3.27. The van der Waals surface area contributed by atoms with Gasteiger partial charge in [-0.3, -0.25) is 4.79 Å². The number of hydrogen-bond donors (Lipinski definition) is 2. The third-order valence-electron chi connectivity index (χ3n) is 3.46.